The summed E-state index contributed by atoms with van der Waals surface area (Å²) in [4.78, 5) is 6.12. The van der Waals surface area contributed by atoms with Crippen LogP contribution in [0.15, 0.2) is 0 Å². The van der Waals surface area contributed by atoms with Crippen LogP contribution in [0.25, 0.3) is 0 Å². The minimum Gasteiger partial charge on any atom is -0.244 e. The van der Waals surface area contributed by atoms with E-state index in [0.717, 1.165) is 17.3 Å². The Balaban J connectivity index is 2.21. The zero-order valence-electron chi connectivity index (χ0n) is 10.9. The predicted octanol–water partition coefficient (Wildman–Crippen LogP) is 3.85. The largest absolute Gasteiger partial charge is 0.244 e. The summed E-state index contributed by atoms with van der Waals surface area (Å²) in [6, 6.07) is 2.35. The molecule has 0 amide bonds. The third kappa shape index (κ3) is 2.52. The Bertz CT molecular complexity index is 440. The Morgan fingerprint density at radius 3 is 2.94 bits per heavy atom. The Hall–Kier alpha value is -0.880. The smallest absolute Gasteiger partial charge is 0.113 e. The van der Waals surface area contributed by atoms with Gasteiger partial charge in [-0.05, 0) is 39.0 Å². The van der Waals surface area contributed by atoms with E-state index in [-0.39, 0.29) is 0 Å². The van der Waals surface area contributed by atoms with Crippen molar-refractivity contribution in [1.82, 2.24) is 4.98 Å². The summed E-state index contributed by atoms with van der Waals surface area (Å²) in [5, 5.41) is 10.2. The number of nitriles is 1. The van der Waals surface area contributed by atoms with Crippen molar-refractivity contribution in [3.63, 3.8) is 0 Å². The highest BCUT2D eigenvalue weighted by atomic mass is 32.1. The SMILES string of the molecule is CCCC1CCc2nc(C(C)(C)C#N)sc2C1. The van der Waals surface area contributed by atoms with Crippen molar-refractivity contribution >= 4 is 11.3 Å². The molecule has 1 aromatic rings. The molecule has 0 spiro atoms. The molecule has 1 atom stereocenters. The van der Waals surface area contributed by atoms with E-state index in [4.69, 9.17) is 5.26 Å². The maximum absolute atomic E-state index is 9.16. The van der Waals surface area contributed by atoms with Gasteiger partial charge < -0.3 is 0 Å². The molecule has 0 N–H and O–H groups in total. The van der Waals surface area contributed by atoms with Gasteiger partial charge >= 0.3 is 0 Å². The first-order valence-corrected chi connectivity index (χ1v) is 7.28. The van der Waals surface area contributed by atoms with Crippen LogP contribution in [0.1, 0.15) is 55.6 Å². The molecule has 3 heteroatoms. The first-order chi connectivity index (χ1) is 8.06. The molecule has 0 aliphatic heterocycles. The molecule has 1 unspecified atom stereocenters. The van der Waals surface area contributed by atoms with E-state index in [9.17, 15) is 0 Å². The second kappa shape index (κ2) is 4.78. The third-order valence-corrected chi connectivity index (χ3v) is 5.00. The maximum atomic E-state index is 9.16. The van der Waals surface area contributed by atoms with Crippen molar-refractivity contribution in [3.05, 3.63) is 15.6 Å². The zero-order chi connectivity index (χ0) is 12.5. The van der Waals surface area contributed by atoms with Crippen LogP contribution in [0.2, 0.25) is 0 Å². The minimum absolute atomic E-state index is 0.428. The fraction of sp³-hybridized carbons (Fsp3) is 0.714. The van der Waals surface area contributed by atoms with Gasteiger partial charge in [0.2, 0.25) is 0 Å². The molecule has 0 radical (unpaired) electrons. The molecular weight excluding hydrogens is 228 g/mol. The Labute approximate surface area is 108 Å². The lowest BCUT2D eigenvalue weighted by Crippen LogP contribution is -2.14. The summed E-state index contributed by atoms with van der Waals surface area (Å²) >= 11 is 1.76. The molecule has 1 aliphatic rings. The summed E-state index contributed by atoms with van der Waals surface area (Å²) in [6.07, 6.45) is 6.17. The number of nitrogens with zero attached hydrogens (tertiary/aromatic N) is 2. The molecule has 0 saturated carbocycles. The second-order valence-corrected chi connectivity index (χ2v) is 6.61. The number of aromatic nitrogens is 1. The summed E-state index contributed by atoms with van der Waals surface area (Å²) < 4.78 is 0. The van der Waals surface area contributed by atoms with Gasteiger partial charge in [0.25, 0.3) is 0 Å². The van der Waals surface area contributed by atoms with Gasteiger partial charge in [0.15, 0.2) is 0 Å². The van der Waals surface area contributed by atoms with E-state index < -0.39 is 5.41 Å². The van der Waals surface area contributed by atoms with Crippen molar-refractivity contribution < 1.29 is 0 Å². The monoisotopic (exact) mass is 248 g/mol. The molecule has 1 heterocycles. The number of thiazole rings is 1. The van der Waals surface area contributed by atoms with E-state index in [1.165, 1.54) is 36.3 Å². The highest BCUT2D eigenvalue weighted by molar-refractivity contribution is 7.12. The van der Waals surface area contributed by atoms with E-state index in [1.54, 1.807) is 11.3 Å². The fourth-order valence-electron chi connectivity index (χ4n) is 2.41. The van der Waals surface area contributed by atoms with Gasteiger partial charge in [-0.25, -0.2) is 4.98 Å². The molecule has 0 fully saturated rings. The van der Waals surface area contributed by atoms with Gasteiger partial charge in [0.1, 0.15) is 10.4 Å². The van der Waals surface area contributed by atoms with Crippen molar-refractivity contribution in [2.24, 2.45) is 5.92 Å². The third-order valence-electron chi connectivity index (χ3n) is 3.55. The minimum atomic E-state index is -0.428. The molecule has 0 bridgehead atoms. The maximum Gasteiger partial charge on any atom is 0.113 e. The number of hydrogen-bond donors (Lipinski definition) is 0. The molecule has 2 nitrogen and oxygen atoms in total. The lowest BCUT2D eigenvalue weighted by molar-refractivity contribution is 0.423. The van der Waals surface area contributed by atoms with Crippen LogP contribution in [0.5, 0.6) is 0 Å². The predicted molar refractivity (Wildman–Crippen MR) is 71.2 cm³/mol. The standard InChI is InChI=1S/C14H20N2S/c1-4-5-10-6-7-11-12(8-10)17-13(16-11)14(2,3)9-15/h10H,4-8H2,1-3H3. The van der Waals surface area contributed by atoms with Gasteiger partial charge in [0, 0.05) is 4.88 Å². The van der Waals surface area contributed by atoms with Crippen molar-refractivity contribution in [3.8, 4) is 6.07 Å². The zero-order valence-corrected chi connectivity index (χ0v) is 11.7. The normalized spacial score (nSPS) is 19.8. The summed E-state index contributed by atoms with van der Waals surface area (Å²) in [7, 11) is 0. The molecule has 1 aliphatic carbocycles. The molecule has 92 valence electrons. The van der Waals surface area contributed by atoms with Crippen molar-refractivity contribution in [2.45, 2.75) is 58.3 Å². The van der Waals surface area contributed by atoms with Crippen LogP contribution in [0.4, 0.5) is 0 Å². The molecule has 2 rings (SSSR count). The van der Waals surface area contributed by atoms with Gasteiger partial charge in [-0.3, -0.25) is 0 Å². The van der Waals surface area contributed by atoms with Gasteiger partial charge in [-0.15, -0.1) is 11.3 Å². The average molecular weight is 248 g/mol. The molecular formula is C14H20N2S. The fourth-order valence-corrected chi connectivity index (χ4v) is 3.69. The van der Waals surface area contributed by atoms with Crippen LogP contribution in [-0.2, 0) is 18.3 Å². The highest BCUT2D eigenvalue weighted by Gasteiger charge is 2.28. The number of rotatable bonds is 3. The average Bonchev–Trinajstić information content (AvgIpc) is 2.73. The number of hydrogen-bond acceptors (Lipinski definition) is 3. The van der Waals surface area contributed by atoms with Crippen LogP contribution >= 0.6 is 11.3 Å². The van der Waals surface area contributed by atoms with Crippen LogP contribution < -0.4 is 0 Å². The van der Waals surface area contributed by atoms with E-state index in [0.29, 0.717) is 0 Å². The van der Waals surface area contributed by atoms with Crippen LogP contribution in [0, 0.1) is 17.2 Å². The van der Waals surface area contributed by atoms with Crippen LogP contribution in [-0.4, -0.2) is 4.98 Å². The van der Waals surface area contributed by atoms with E-state index in [1.807, 2.05) is 13.8 Å². The summed E-state index contributed by atoms with van der Waals surface area (Å²) in [6.45, 7) is 6.17. The number of aryl methyl sites for hydroxylation is 1. The Kier molecular flexibility index (Phi) is 3.53. The van der Waals surface area contributed by atoms with Gasteiger partial charge in [-0.2, -0.15) is 5.26 Å². The lowest BCUT2D eigenvalue weighted by atomic mass is 9.88. The molecule has 0 aromatic carbocycles. The Morgan fingerprint density at radius 2 is 2.29 bits per heavy atom. The van der Waals surface area contributed by atoms with Gasteiger partial charge in [0.05, 0.1) is 11.8 Å². The van der Waals surface area contributed by atoms with Crippen LogP contribution in [0.3, 0.4) is 0 Å². The molecule has 1 aromatic heterocycles. The quantitative estimate of drug-likeness (QED) is 0.814. The topological polar surface area (TPSA) is 36.7 Å². The summed E-state index contributed by atoms with van der Waals surface area (Å²) in [5.41, 5.74) is 0.836. The number of fused-ring (bicyclic) bond motifs is 1. The van der Waals surface area contributed by atoms with E-state index >= 15 is 0 Å². The highest BCUT2D eigenvalue weighted by Crippen LogP contribution is 2.36. The molecule has 17 heavy (non-hydrogen) atoms. The van der Waals surface area contributed by atoms with Gasteiger partial charge in [-0.1, -0.05) is 19.8 Å². The van der Waals surface area contributed by atoms with Crippen molar-refractivity contribution in [2.75, 3.05) is 0 Å². The Morgan fingerprint density at radius 1 is 1.53 bits per heavy atom. The van der Waals surface area contributed by atoms with E-state index in [2.05, 4.69) is 18.0 Å². The lowest BCUT2D eigenvalue weighted by Gasteiger charge is -2.20. The molecule has 0 saturated heterocycles. The second-order valence-electron chi connectivity index (χ2n) is 5.52. The van der Waals surface area contributed by atoms with Crippen molar-refractivity contribution in [1.29, 1.82) is 5.26 Å². The first-order valence-electron chi connectivity index (χ1n) is 6.47. The first kappa shape index (κ1) is 12.6. The summed E-state index contributed by atoms with van der Waals surface area (Å²) in [5.74, 6) is 0.839.